The third-order valence-corrected chi connectivity index (χ3v) is 3.26. The minimum absolute atomic E-state index is 0.0687. The normalized spacial score (nSPS) is 11.6. The number of alkyl halides is 3. The van der Waals surface area contributed by atoms with Crippen LogP contribution < -0.4 is 0 Å². The van der Waals surface area contributed by atoms with E-state index in [9.17, 15) is 23.3 Å². The molecule has 0 saturated heterocycles. The van der Waals surface area contributed by atoms with Crippen LogP contribution in [0.2, 0.25) is 0 Å². The molecule has 24 heavy (non-hydrogen) atoms. The highest BCUT2D eigenvalue weighted by atomic mass is 35.5. The lowest BCUT2D eigenvalue weighted by molar-refractivity contribution is -0.384. The minimum atomic E-state index is -4.62. The summed E-state index contributed by atoms with van der Waals surface area (Å²) < 4.78 is 37.6. The molecule has 122 valence electrons. The van der Waals surface area contributed by atoms with Crippen LogP contribution in [0.15, 0.2) is 53.6 Å². The van der Waals surface area contributed by atoms with Crippen LogP contribution in [0.4, 0.5) is 18.9 Å². The van der Waals surface area contributed by atoms with Crippen LogP contribution in [0.1, 0.15) is 16.7 Å². The number of hydrogen-bond acceptors (Lipinski definition) is 2. The molecule has 2 rings (SSSR count). The van der Waals surface area contributed by atoms with E-state index in [2.05, 4.69) is 11.8 Å². The summed E-state index contributed by atoms with van der Waals surface area (Å²) in [6.07, 6.45) is -3.82. The van der Waals surface area contributed by atoms with Crippen molar-refractivity contribution < 1.29 is 18.1 Å². The molecule has 0 aromatic heterocycles. The Morgan fingerprint density at radius 2 is 1.71 bits per heavy atom. The number of nitro benzene ring substituents is 1. The number of benzene rings is 2. The molecule has 2 aromatic carbocycles. The maximum atomic E-state index is 12.5. The molecule has 0 fully saturated rings. The van der Waals surface area contributed by atoms with Crippen LogP contribution in [0.25, 0.3) is 6.08 Å². The highest BCUT2D eigenvalue weighted by Gasteiger charge is 2.32. The number of rotatable bonds is 2. The van der Waals surface area contributed by atoms with Crippen LogP contribution in [-0.2, 0) is 0 Å². The molecule has 3 nitrogen and oxygen atoms in total. The van der Waals surface area contributed by atoms with Gasteiger partial charge >= 0.3 is 6.18 Å². The monoisotopic (exact) mass is 351 g/mol. The van der Waals surface area contributed by atoms with Crippen LogP contribution in [0, 0.1) is 22.0 Å². The second-order valence-electron chi connectivity index (χ2n) is 4.63. The van der Waals surface area contributed by atoms with E-state index in [4.69, 9.17) is 11.6 Å². The predicted octanol–water partition coefficient (Wildman–Crippen LogP) is 5.14. The molecular formula is C17H9ClF3NO2. The molecule has 0 aliphatic heterocycles. The molecule has 7 heteroatoms. The maximum absolute atomic E-state index is 12.5. The molecule has 0 radical (unpaired) electrons. The van der Waals surface area contributed by atoms with E-state index in [1.807, 2.05) is 0 Å². The van der Waals surface area contributed by atoms with Crippen LogP contribution >= 0.6 is 11.6 Å². The molecule has 0 N–H and O–H groups in total. The second kappa shape index (κ2) is 7.20. The Bertz CT molecular complexity index is 847. The Balaban J connectivity index is 2.34. The lowest BCUT2D eigenvalue weighted by atomic mass is 10.1. The molecule has 0 amide bonds. The molecule has 0 heterocycles. The molecule has 0 aliphatic carbocycles. The van der Waals surface area contributed by atoms with Crippen LogP contribution in [0.5, 0.6) is 0 Å². The fourth-order valence-electron chi connectivity index (χ4n) is 1.76. The lowest BCUT2D eigenvalue weighted by Gasteiger charge is -2.05. The molecule has 2 aromatic rings. The van der Waals surface area contributed by atoms with E-state index in [1.54, 1.807) is 18.2 Å². The molecule has 0 atom stereocenters. The zero-order valence-electron chi connectivity index (χ0n) is 12.0. The molecular weight excluding hydrogens is 343 g/mol. The Hall–Kier alpha value is -2.78. The minimum Gasteiger partial charge on any atom is -0.258 e. The van der Waals surface area contributed by atoms with E-state index < -0.39 is 16.1 Å². The zero-order valence-corrected chi connectivity index (χ0v) is 12.7. The molecule has 0 unspecified atom stereocenters. The zero-order chi connectivity index (χ0) is 17.7. The molecule has 0 saturated carbocycles. The Morgan fingerprint density at radius 3 is 2.29 bits per heavy atom. The summed E-state index contributed by atoms with van der Waals surface area (Å²) in [5.41, 5.74) is 1.02. The number of hydrogen-bond donors (Lipinski definition) is 0. The summed E-state index contributed by atoms with van der Waals surface area (Å²) in [5, 5.41) is 9.34. The van der Waals surface area contributed by atoms with Crippen molar-refractivity contribution in [3.8, 4) is 11.8 Å². The number of nitrogens with zero attached hydrogens (tertiary/aromatic N) is 1. The Labute approximate surface area is 140 Å². The van der Waals surface area contributed by atoms with Gasteiger partial charge in [0.15, 0.2) is 0 Å². The third-order valence-electron chi connectivity index (χ3n) is 2.93. The molecule has 0 bridgehead atoms. The van der Waals surface area contributed by atoms with Crippen molar-refractivity contribution in [3.05, 3.63) is 80.4 Å². The summed E-state index contributed by atoms with van der Waals surface area (Å²) in [5.74, 6) is 5.50. The number of nitro groups is 1. The van der Waals surface area contributed by atoms with Gasteiger partial charge < -0.3 is 0 Å². The Kier molecular flexibility index (Phi) is 5.27. The van der Waals surface area contributed by atoms with E-state index in [-0.39, 0.29) is 11.3 Å². The molecule has 0 spiro atoms. The first kappa shape index (κ1) is 17.6. The highest BCUT2D eigenvalue weighted by Crippen LogP contribution is 2.30. The third kappa shape index (κ3) is 4.61. The van der Waals surface area contributed by atoms with Gasteiger partial charge in [-0.05, 0) is 29.8 Å². The van der Waals surface area contributed by atoms with Gasteiger partial charge in [0.25, 0.3) is 5.69 Å². The van der Waals surface area contributed by atoms with Crippen LogP contribution in [0.3, 0.4) is 0 Å². The topological polar surface area (TPSA) is 43.1 Å². The van der Waals surface area contributed by atoms with Gasteiger partial charge in [-0.15, -0.1) is 0 Å². The predicted molar refractivity (Wildman–Crippen MR) is 85.4 cm³/mol. The van der Waals surface area contributed by atoms with E-state index in [0.29, 0.717) is 11.1 Å². The van der Waals surface area contributed by atoms with Gasteiger partial charge in [0.05, 0.1) is 4.92 Å². The van der Waals surface area contributed by atoms with Gasteiger partial charge in [-0.1, -0.05) is 41.6 Å². The van der Waals surface area contributed by atoms with Gasteiger partial charge in [0.2, 0.25) is 0 Å². The average Bonchev–Trinajstić information content (AvgIpc) is 2.53. The van der Waals surface area contributed by atoms with Crippen molar-refractivity contribution in [3.63, 3.8) is 0 Å². The van der Waals surface area contributed by atoms with Crippen molar-refractivity contribution in [1.29, 1.82) is 0 Å². The van der Waals surface area contributed by atoms with Gasteiger partial charge in [0, 0.05) is 23.3 Å². The first-order valence-electron chi connectivity index (χ1n) is 6.57. The van der Waals surface area contributed by atoms with Crippen molar-refractivity contribution in [2.45, 2.75) is 6.18 Å². The Morgan fingerprint density at radius 1 is 1.08 bits per heavy atom. The van der Waals surface area contributed by atoms with Gasteiger partial charge in [0.1, 0.15) is 5.03 Å². The number of non-ortho nitro benzene ring substituents is 1. The SMILES string of the molecule is O=[N+]([O-])c1ccc(C#Cc2ccccc2/C=C(\Cl)C(F)(F)F)cc1. The summed E-state index contributed by atoms with van der Waals surface area (Å²) in [6.45, 7) is 0. The summed E-state index contributed by atoms with van der Waals surface area (Å²) in [4.78, 5) is 10.0. The molecule has 0 aliphatic rings. The van der Waals surface area contributed by atoms with Crippen LogP contribution in [-0.4, -0.2) is 11.1 Å². The number of allylic oxidation sites excluding steroid dienone is 1. The summed E-state index contributed by atoms with van der Waals surface area (Å²) in [6, 6.07) is 11.8. The summed E-state index contributed by atoms with van der Waals surface area (Å²) in [7, 11) is 0. The fourth-order valence-corrected chi connectivity index (χ4v) is 1.88. The first-order chi connectivity index (χ1) is 11.3. The average molecular weight is 352 g/mol. The van der Waals surface area contributed by atoms with Crippen molar-refractivity contribution in [2.24, 2.45) is 0 Å². The first-order valence-corrected chi connectivity index (χ1v) is 6.95. The van der Waals surface area contributed by atoms with E-state index in [0.717, 1.165) is 6.08 Å². The number of halogens is 4. The standard InChI is InChI=1S/C17H9ClF3NO2/c18-16(17(19,20)21)11-14-4-2-1-3-13(14)8-5-12-6-9-15(10-7-12)22(23)24/h1-4,6-7,9-11H/b16-11-. The van der Waals surface area contributed by atoms with Crippen molar-refractivity contribution in [2.75, 3.05) is 0 Å². The van der Waals surface area contributed by atoms with Gasteiger partial charge in [-0.2, -0.15) is 13.2 Å². The van der Waals surface area contributed by atoms with Gasteiger partial charge in [-0.25, -0.2) is 0 Å². The van der Waals surface area contributed by atoms with Crippen molar-refractivity contribution >= 4 is 23.4 Å². The van der Waals surface area contributed by atoms with Gasteiger partial charge in [-0.3, -0.25) is 10.1 Å². The van der Waals surface area contributed by atoms with Crippen molar-refractivity contribution in [1.82, 2.24) is 0 Å². The van der Waals surface area contributed by atoms with E-state index in [1.165, 1.54) is 30.3 Å². The summed E-state index contributed by atoms with van der Waals surface area (Å²) >= 11 is 5.25. The highest BCUT2D eigenvalue weighted by molar-refractivity contribution is 6.32. The lowest BCUT2D eigenvalue weighted by Crippen LogP contribution is -2.06. The smallest absolute Gasteiger partial charge is 0.258 e. The quantitative estimate of drug-likeness (QED) is 0.427. The second-order valence-corrected chi connectivity index (χ2v) is 5.04. The maximum Gasteiger partial charge on any atom is 0.426 e. The van der Waals surface area contributed by atoms with E-state index >= 15 is 0 Å². The fraction of sp³-hybridized carbons (Fsp3) is 0.0588. The largest absolute Gasteiger partial charge is 0.426 e.